The summed E-state index contributed by atoms with van der Waals surface area (Å²) < 4.78 is 69.6. The quantitative estimate of drug-likeness (QED) is 0.0622. The molecule has 0 heterocycles. The highest BCUT2D eigenvalue weighted by molar-refractivity contribution is 7.86. The number of ether oxygens (including phenoxy) is 2. The van der Waals surface area contributed by atoms with Crippen LogP contribution in [-0.4, -0.2) is 50.0 Å². The molecule has 19 nitrogen and oxygen atoms in total. The van der Waals surface area contributed by atoms with Gasteiger partial charge < -0.3 is 25.0 Å². The minimum atomic E-state index is -4.61. The zero-order valence-electron chi connectivity index (χ0n) is 37.8. The van der Waals surface area contributed by atoms with Crippen molar-refractivity contribution in [3.8, 4) is 23.0 Å². The van der Waals surface area contributed by atoms with Crippen LogP contribution in [0.1, 0.15) is 16.7 Å². The van der Waals surface area contributed by atoms with Crippen LogP contribution in [-0.2, 0) is 20.7 Å². The fourth-order valence-electron chi connectivity index (χ4n) is 6.94. The molecule has 4 N–H and O–H groups in total. The van der Waals surface area contributed by atoms with E-state index < -0.39 is 25.6 Å². The van der Waals surface area contributed by atoms with Crippen LogP contribution in [0.3, 0.4) is 0 Å². The van der Waals surface area contributed by atoms with E-state index in [0.717, 1.165) is 45.3 Å². The lowest BCUT2D eigenvalue weighted by molar-refractivity contribution is 0.415. The second kappa shape index (κ2) is 21.4. The number of nitrogens with one attached hydrogen (secondary N) is 1. The molecule has 0 radical (unpaired) electrons. The first-order valence-electron chi connectivity index (χ1n) is 20.7. The number of phenols is 2. The first kappa shape index (κ1) is 49.1. The number of phenolic OH excluding ortho intramolecular Hbond substituents is 2. The summed E-state index contributed by atoms with van der Waals surface area (Å²) >= 11 is 0. The van der Waals surface area contributed by atoms with Gasteiger partial charge in [0.2, 0.25) is 0 Å². The van der Waals surface area contributed by atoms with Crippen LogP contribution < -0.4 is 14.8 Å². The number of nitrogens with zero attached hydrogens (tertiary/aromatic N) is 8. The van der Waals surface area contributed by atoms with Gasteiger partial charge in [0, 0.05) is 34.3 Å². The number of methoxy groups -OCH3 is 2. The number of anilines is 2. The minimum Gasteiger partial charge on any atom is -0.508 e. The van der Waals surface area contributed by atoms with E-state index >= 15 is 0 Å². The number of azo groups is 4. The molecule has 354 valence electrons. The van der Waals surface area contributed by atoms with Crippen molar-refractivity contribution in [1.82, 2.24) is 0 Å². The molecule has 0 fully saturated rings. The van der Waals surface area contributed by atoms with Crippen molar-refractivity contribution < 1.29 is 45.3 Å². The molecule has 70 heavy (non-hydrogen) atoms. The van der Waals surface area contributed by atoms with Gasteiger partial charge in [-0.15, -0.1) is 22.9 Å². The molecule has 0 amide bonds. The highest BCUT2D eigenvalue weighted by Gasteiger charge is 2.17. The predicted molar refractivity (Wildman–Crippen MR) is 264 cm³/mol. The largest absolute Gasteiger partial charge is 0.508 e. The predicted octanol–water partition coefficient (Wildman–Crippen LogP) is 14.0. The van der Waals surface area contributed by atoms with Gasteiger partial charge in [-0.05, 0) is 157 Å². The van der Waals surface area contributed by atoms with E-state index in [1.54, 1.807) is 55.6 Å². The summed E-state index contributed by atoms with van der Waals surface area (Å²) in [4.78, 5) is -0.440. The van der Waals surface area contributed by atoms with E-state index in [2.05, 4.69) is 46.2 Å². The Labute approximate surface area is 402 Å². The Hall–Kier alpha value is -8.79. The van der Waals surface area contributed by atoms with Crippen molar-refractivity contribution in [2.24, 2.45) is 40.9 Å². The smallest absolute Gasteiger partial charge is 0.425 e. The van der Waals surface area contributed by atoms with Crippen LogP contribution in [0.15, 0.2) is 179 Å². The molecule has 0 saturated heterocycles. The number of aryl methyl sites for hydroxylation is 3. The van der Waals surface area contributed by atoms with Crippen molar-refractivity contribution in [1.29, 1.82) is 0 Å². The zero-order chi connectivity index (χ0) is 50.1. The fourth-order valence-corrected chi connectivity index (χ4v) is 7.67. The Kier molecular flexibility index (Phi) is 15.1. The molecule has 0 aromatic heterocycles. The molecular weight excluding hydrogens is 939 g/mol. The van der Waals surface area contributed by atoms with Gasteiger partial charge in [-0.1, -0.05) is 12.1 Å². The van der Waals surface area contributed by atoms with Crippen LogP contribution in [0, 0.1) is 20.8 Å². The molecule has 8 aromatic carbocycles. The topological polar surface area (TPSA) is 275 Å². The summed E-state index contributed by atoms with van der Waals surface area (Å²) in [6.45, 7) is 5.72. The minimum absolute atomic E-state index is 0.0383. The molecule has 0 aliphatic carbocycles. The number of benzene rings is 8. The van der Waals surface area contributed by atoms with Crippen molar-refractivity contribution in [3.63, 3.8) is 0 Å². The molecular formula is C49H41N9O10S2. The van der Waals surface area contributed by atoms with E-state index in [1.807, 2.05) is 87.5 Å². The van der Waals surface area contributed by atoms with E-state index in [1.165, 1.54) is 19.2 Å². The number of hydrogen-bond acceptors (Lipinski definition) is 18. The zero-order valence-corrected chi connectivity index (χ0v) is 39.4. The number of aromatic hydroxyl groups is 2. The van der Waals surface area contributed by atoms with Crippen LogP contribution >= 0.6 is 0 Å². The third-order valence-corrected chi connectivity index (χ3v) is 11.3. The summed E-state index contributed by atoms with van der Waals surface area (Å²) in [5.74, 6) is 0.903. The van der Waals surface area contributed by atoms with E-state index in [-0.39, 0.29) is 16.9 Å². The Bertz CT molecular complexity index is 3660. The van der Waals surface area contributed by atoms with Gasteiger partial charge in [-0.2, -0.15) is 39.1 Å². The van der Waals surface area contributed by atoms with Gasteiger partial charge in [0.1, 0.15) is 33.5 Å². The van der Waals surface area contributed by atoms with Crippen molar-refractivity contribution in [2.45, 2.75) is 25.7 Å². The van der Waals surface area contributed by atoms with E-state index in [0.29, 0.717) is 62.0 Å². The summed E-state index contributed by atoms with van der Waals surface area (Å²) in [5.41, 5.74) is 8.33. The Morgan fingerprint density at radius 2 is 0.986 bits per heavy atom. The second-order valence-electron chi connectivity index (χ2n) is 15.3. The molecule has 0 atom stereocenters. The number of rotatable bonds is 13. The summed E-state index contributed by atoms with van der Waals surface area (Å²) in [7, 11) is -4.59. The molecule has 0 spiro atoms. The maximum Gasteiger partial charge on any atom is 0.425 e. The third kappa shape index (κ3) is 12.2. The molecule has 8 rings (SSSR count). The first-order valence-corrected chi connectivity index (χ1v) is 23.2. The summed E-state index contributed by atoms with van der Waals surface area (Å²) in [6.07, 6.45) is 0. The fraction of sp³-hybridized carbons (Fsp3) is 0.102. The van der Waals surface area contributed by atoms with Crippen molar-refractivity contribution in [2.75, 3.05) is 19.5 Å². The van der Waals surface area contributed by atoms with Gasteiger partial charge in [-0.3, -0.25) is 4.55 Å². The Morgan fingerprint density at radius 1 is 0.486 bits per heavy atom. The monoisotopic (exact) mass is 979 g/mol. The van der Waals surface area contributed by atoms with Crippen molar-refractivity contribution in [3.05, 3.63) is 150 Å². The standard InChI is InChI=1S/C49H41N9O7S.O3S/c1-28-20-35(12-18-42(28)54-55-43-19-13-37(26-47(43)65-5)52-51-36-8-6-32-24-38(59)27-48(41(32)25-36)66(61,62)63)53-57-45-21-30(3)46(22-29(45)2)58-56-44-17-7-31-23-34(11-16-40(31)49(44)60)50-33-9-14-39(64-4)15-10-33;1-4(2)3/h6-27,50,59-60H,1-5H3,(H,61,62,63);. The highest BCUT2D eigenvalue weighted by Crippen LogP contribution is 2.40. The SMILES string of the molecule is COc1ccc(Nc2ccc3c(O)c(N=Nc4cc(C)c(N=Nc5ccc(N=Nc6ccc(N=Nc7ccc8cc(O)cc(S(=O)(=O)O)c8c7)cc6OC)c(C)c5)cc4C)ccc3c2)cc1.O=S(=O)=O. The molecule has 8 aromatic rings. The van der Waals surface area contributed by atoms with Crippen LogP contribution in [0.25, 0.3) is 21.5 Å². The number of hydrogen-bond donors (Lipinski definition) is 4. The van der Waals surface area contributed by atoms with Crippen LogP contribution in [0.4, 0.5) is 56.9 Å². The highest BCUT2D eigenvalue weighted by atomic mass is 32.2. The molecule has 0 aliphatic rings. The van der Waals surface area contributed by atoms with Gasteiger partial charge in [0.05, 0.1) is 48.3 Å². The number of fused-ring (bicyclic) bond motifs is 2. The van der Waals surface area contributed by atoms with E-state index in [9.17, 15) is 23.2 Å². The Balaban J connectivity index is 0.00000174. The molecule has 0 aliphatic heterocycles. The maximum atomic E-state index is 11.9. The van der Waals surface area contributed by atoms with Crippen molar-refractivity contribution >= 4 is 99.1 Å². The average Bonchev–Trinajstić information content (AvgIpc) is 3.33. The van der Waals surface area contributed by atoms with Crippen LogP contribution in [0.2, 0.25) is 0 Å². The lowest BCUT2D eigenvalue weighted by Crippen LogP contribution is -1.98. The average molecular weight is 980 g/mol. The van der Waals surface area contributed by atoms with Gasteiger partial charge in [-0.25, -0.2) is 0 Å². The normalized spacial score (nSPS) is 11.7. The van der Waals surface area contributed by atoms with E-state index in [4.69, 9.17) is 22.1 Å². The molecule has 0 unspecified atom stereocenters. The first-order chi connectivity index (χ1) is 33.5. The van der Waals surface area contributed by atoms with Gasteiger partial charge in [0.25, 0.3) is 10.1 Å². The Morgan fingerprint density at radius 3 is 1.63 bits per heavy atom. The maximum absolute atomic E-state index is 11.9. The van der Waals surface area contributed by atoms with Gasteiger partial charge in [0.15, 0.2) is 5.75 Å². The molecule has 0 bridgehead atoms. The lowest BCUT2D eigenvalue weighted by Gasteiger charge is -2.10. The summed E-state index contributed by atoms with van der Waals surface area (Å²) in [6, 6.07) is 38.1. The van der Waals surface area contributed by atoms with Crippen LogP contribution in [0.5, 0.6) is 23.0 Å². The molecule has 21 heteroatoms. The molecule has 0 saturated carbocycles. The third-order valence-electron chi connectivity index (χ3n) is 10.5. The summed E-state index contributed by atoms with van der Waals surface area (Å²) in [5, 5.41) is 61.6. The van der Waals surface area contributed by atoms with Gasteiger partial charge >= 0.3 is 10.6 Å². The second-order valence-corrected chi connectivity index (χ2v) is 17.1. The lowest BCUT2D eigenvalue weighted by atomic mass is 10.1.